The van der Waals surface area contributed by atoms with Crippen molar-refractivity contribution in [3.05, 3.63) is 36.5 Å². The van der Waals surface area contributed by atoms with Crippen molar-refractivity contribution in [3.8, 4) is 0 Å². The highest BCUT2D eigenvalue weighted by molar-refractivity contribution is 5.86. The Morgan fingerprint density at radius 1 is 1.23 bits per heavy atom. The second-order valence-corrected chi connectivity index (χ2v) is 5.54. The van der Waals surface area contributed by atoms with Gasteiger partial charge >= 0.3 is 5.97 Å². The lowest BCUT2D eigenvalue weighted by molar-refractivity contribution is -0.148. The van der Waals surface area contributed by atoms with Gasteiger partial charge in [0.05, 0.1) is 6.61 Å². The molecular formula is C17H22N2O3. The van der Waals surface area contributed by atoms with Gasteiger partial charge in [-0.25, -0.2) is 4.79 Å². The maximum absolute atomic E-state index is 12.2. The molecule has 1 atom stereocenters. The third kappa shape index (κ3) is 3.67. The number of benzene rings is 1. The molecule has 0 aliphatic heterocycles. The van der Waals surface area contributed by atoms with E-state index in [2.05, 4.69) is 5.32 Å². The summed E-state index contributed by atoms with van der Waals surface area (Å²) in [5.41, 5.74) is 0.995. The summed E-state index contributed by atoms with van der Waals surface area (Å²) in [5.74, 6) is -0.610. The molecule has 1 aromatic heterocycles. The van der Waals surface area contributed by atoms with Gasteiger partial charge < -0.3 is 14.6 Å². The van der Waals surface area contributed by atoms with Crippen molar-refractivity contribution in [3.63, 3.8) is 0 Å². The Morgan fingerprint density at radius 2 is 1.95 bits per heavy atom. The molecule has 0 spiro atoms. The van der Waals surface area contributed by atoms with Crippen molar-refractivity contribution in [2.75, 3.05) is 6.61 Å². The minimum Gasteiger partial charge on any atom is -0.464 e. The summed E-state index contributed by atoms with van der Waals surface area (Å²) in [6, 6.07) is 9.21. The quantitative estimate of drug-likeness (QED) is 0.833. The molecule has 2 aromatic rings. The fourth-order valence-corrected chi connectivity index (χ4v) is 2.38. The number of carbonyl (C=O) groups is 2. The largest absolute Gasteiger partial charge is 0.464 e. The lowest BCUT2D eigenvalue weighted by Gasteiger charge is -2.20. The number of amides is 1. The SMILES string of the molecule is CCOC(=O)C(NC(=O)Cn1ccc2ccccc21)C(C)C. The maximum Gasteiger partial charge on any atom is 0.328 e. The van der Waals surface area contributed by atoms with E-state index < -0.39 is 6.04 Å². The molecule has 0 aliphatic carbocycles. The first-order valence-corrected chi connectivity index (χ1v) is 7.52. The third-order valence-electron chi connectivity index (χ3n) is 3.52. The number of nitrogens with one attached hydrogen (secondary N) is 1. The summed E-state index contributed by atoms with van der Waals surface area (Å²) >= 11 is 0. The Balaban J connectivity index is 2.06. The van der Waals surface area contributed by atoms with Crippen molar-refractivity contribution in [1.82, 2.24) is 9.88 Å². The van der Waals surface area contributed by atoms with E-state index in [1.54, 1.807) is 6.92 Å². The van der Waals surface area contributed by atoms with Gasteiger partial charge in [0, 0.05) is 11.7 Å². The molecule has 0 aliphatic rings. The number of rotatable bonds is 6. The number of fused-ring (bicyclic) bond motifs is 1. The van der Waals surface area contributed by atoms with Gasteiger partial charge in [-0.1, -0.05) is 32.0 Å². The fourth-order valence-electron chi connectivity index (χ4n) is 2.38. The van der Waals surface area contributed by atoms with Crippen LogP contribution in [-0.2, 0) is 20.9 Å². The van der Waals surface area contributed by atoms with E-state index in [9.17, 15) is 9.59 Å². The van der Waals surface area contributed by atoms with E-state index in [-0.39, 0.29) is 24.3 Å². The monoisotopic (exact) mass is 302 g/mol. The number of ether oxygens (including phenoxy) is 1. The van der Waals surface area contributed by atoms with Gasteiger partial charge in [-0.15, -0.1) is 0 Å². The Bertz CT molecular complexity index is 661. The number of carbonyl (C=O) groups excluding carboxylic acids is 2. The van der Waals surface area contributed by atoms with Gasteiger partial charge in [-0.2, -0.15) is 0 Å². The molecule has 118 valence electrons. The van der Waals surface area contributed by atoms with Crippen molar-refractivity contribution < 1.29 is 14.3 Å². The lowest BCUT2D eigenvalue weighted by Crippen LogP contribution is -2.46. The van der Waals surface area contributed by atoms with E-state index in [0.29, 0.717) is 6.61 Å². The van der Waals surface area contributed by atoms with Crippen LogP contribution in [0.1, 0.15) is 20.8 Å². The molecule has 0 radical (unpaired) electrons. The highest BCUT2D eigenvalue weighted by Gasteiger charge is 2.25. The van der Waals surface area contributed by atoms with Gasteiger partial charge in [0.15, 0.2) is 0 Å². The van der Waals surface area contributed by atoms with E-state index in [1.165, 1.54) is 0 Å². The van der Waals surface area contributed by atoms with Crippen LogP contribution in [0.5, 0.6) is 0 Å². The normalized spacial score (nSPS) is 12.4. The van der Waals surface area contributed by atoms with Crippen molar-refractivity contribution in [2.24, 2.45) is 5.92 Å². The predicted octanol–water partition coefficient (Wildman–Crippen LogP) is 2.35. The van der Waals surface area contributed by atoms with Crippen LogP contribution in [-0.4, -0.2) is 29.1 Å². The molecule has 22 heavy (non-hydrogen) atoms. The first-order valence-electron chi connectivity index (χ1n) is 7.52. The predicted molar refractivity (Wildman–Crippen MR) is 85.3 cm³/mol. The third-order valence-corrected chi connectivity index (χ3v) is 3.52. The van der Waals surface area contributed by atoms with E-state index in [0.717, 1.165) is 10.9 Å². The van der Waals surface area contributed by atoms with Gasteiger partial charge in [-0.05, 0) is 30.4 Å². The summed E-state index contributed by atoms with van der Waals surface area (Å²) in [6.07, 6.45) is 1.87. The molecular weight excluding hydrogens is 280 g/mol. The van der Waals surface area contributed by atoms with Gasteiger partial charge in [-0.3, -0.25) is 4.79 Å². The molecule has 1 unspecified atom stereocenters. The number of hydrogen-bond donors (Lipinski definition) is 1. The molecule has 5 nitrogen and oxygen atoms in total. The number of para-hydroxylation sites is 1. The maximum atomic E-state index is 12.2. The van der Waals surface area contributed by atoms with Crippen molar-refractivity contribution in [1.29, 1.82) is 0 Å². The Labute approximate surface area is 130 Å². The average molecular weight is 302 g/mol. The first-order chi connectivity index (χ1) is 10.5. The second kappa shape index (κ2) is 7.11. The van der Waals surface area contributed by atoms with Crippen LogP contribution in [0.2, 0.25) is 0 Å². The molecule has 0 saturated heterocycles. The lowest BCUT2D eigenvalue weighted by atomic mass is 10.0. The molecule has 1 amide bonds. The Morgan fingerprint density at radius 3 is 2.64 bits per heavy atom. The van der Waals surface area contributed by atoms with Gasteiger partial charge in [0.25, 0.3) is 0 Å². The summed E-state index contributed by atoms with van der Waals surface area (Å²) < 4.78 is 6.88. The number of nitrogens with zero attached hydrogens (tertiary/aromatic N) is 1. The molecule has 1 heterocycles. The molecule has 5 heteroatoms. The summed E-state index contributed by atoms with van der Waals surface area (Å²) in [6.45, 7) is 6.00. The summed E-state index contributed by atoms with van der Waals surface area (Å²) in [7, 11) is 0. The zero-order valence-corrected chi connectivity index (χ0v) is 13.2. The molecule has 0 saturated carbocycles. The van der Waals surface area contributed by atoms with Crippen LogP contribution in [0, 0.1) is 5.92 Å². The number of esters is 1. The molecule has 1 N–H and O–H groups in total. The van der Waals surface area contributed by atoms with Crippen LogP contribution in [0.4, 0.5) is 0 Å². The van der Waals surface area contributed by atoms with E-state index in [1.807, 2.05) is 54.9 Å². The fraction of sp³-hybridized carbons (Fsp3) is 0.412. The van der Waals surface area contributed by atoms with Crippen molar-refractivity contribution in [2.45, 2.75) is 33.4 Å². The van der Waals surface area contributed by atoms with E-state index in [4.69, 9.17) is 4.74 Å². The Kier molecular flexibility index (Phi) is 5.20. The van der Waals surface area contributed by atoms with Crippen LogP contribution in [0.25, 0.3) is 10.9 Å². The zero-order chi connectivity index (χ0) is 16.1. The summed E-state index contributed by atoms with van der Waals surface area (Å²) in [5, 5.41) is 3.85. The molecule has 0 bridgehead atoms. The molecule has 2 rings (SSSR count). The smallest absolute Gasteiger partial charge is 0.328 e. The Hall–Kier alpha value is -2.30. The van der Waals surface area contributed by atoms with E-state index >= 15 is 0 Å². The van der Waals surface area contributed by atoms with Gasteiger partial charge in [0.2, 0.25) is 5.91 Å². The second-order valence-electron chi connectivity index (χ2n) is 5.54. The average Bonchev–Trinajstić information content (AvgIpc) is 2.88. The standard InChI is InChI=1S/C17H22N2O3/c1-4-22-17(21)16(12(2)3)18-15(20)11-19-10-9-13-7-5-6-8-14(13)19/h5-10,12,16H,4,11H2,1-3H3,(H,18,20). The highest BCUT2D eigenvalue weighted by Crippen LogP contribution is 2.15. The summed E-state index contributed by atoms with van der Waals surface area (Å²) in [4.78, 5) is 24.1. The number of aromatic nitrogens is 1. The minimum absolute atomic E-state index is 0.0237. The highest BCUT2D eigenvalue weighted by atomic mass is 16.5. The van der Waals surface area contributed by atoms with Crippen LogP contribution < -0.4 is 5.32 Å². The first kappa shape index (κ1) is 16.1. The van der Waals surface area contributed by atoms with Crippen LogP contribution in [0.15, 0.2) is 36.5 Å². The minimum atomic E-state index is -0.616. The zero-order valence-electron chi connectivity index (χ0n) is 13.2. The van der Waals surface area contributed by atoms with Gasteiger partial charge in [0.1, 0.15) is 12.6 Å². The molecule has 1 aromatic carbocycles. The number of hydrogen-bond acceptors (Lipinski definition) is 3. The van der Waals surface area contributed by atoms with Crippen LogP contribution >= 0.6 is 0 Å². The molecule has 0 fully saturated rings. The topological polar surface area (TPSA) is 60.3 Å². The van der Waals surface area contributed by atoms with Crippen molar-refractivity contribution >= 4 is 22.8 Å². The van der Waals surface area contributed by atoms with Crippen LogP contribution in [0.3, 0.4) is 0 Å².